The van der Waals surface area contributed by atoms with Crippen LogP contribution in [0.4, 0.5) is 0 Å². The van der Waals surface area contributed by atoms with Gasteiger partial charge in [-0.15, -0.1) is 11.8 Å². The van der Waals surface area contributed by atoms with E-state index >= 15 is 0 Å². The summed E-state index contributed by atoms with van der Waals surface area (Å²) in [5, 5.41) is 12.2. The Hall–Kier alpha value is -2.38. The van der Waals surface area contributed by atoms with Gasteiger partial charge in [0.05, 0.1) is 30.0 Å². The predicted octanol–water partition coefficient (Wildman–Crippen LogP) is 3.61. The molecule has 0 bridgehead atoms. The number of nitrogens with zero attached hydrogens (tertiary/aromatic N) is 3. The van der Waals surface area contributed by atoms with Crippen molar-refractivity contribution in [2.75, 3.05) is 13.4 Å². The number of carbonyl (C=O) groups excluding carboxylic acids is 1. The molecule has 0 saturated heterocycles. The lowest BCUT2D eigenvalue weighted by atomic mass is 9.95. The SMILES string of the molecule is COC(=O)c1cccc2c1cc(C)n2-c1nc(SC)c2c(n1)C(O)CCC2. The van der Waals surface area contributed by atoms with Crippen molar-refractivity contribution in [3.05, 3.63) is 46.8 Å². The number of fused-ring (bicyclic) bond motifs is 2. The minimum Gasteiger partial charge on any atom is -0.465 e. The van der Waals surface area contributed by atoms with E-state index in [-0.39, 0.29) is 5.97 Å². The fourth-order valence-electron chi connectivity index (χ4n) is 3.77. The third kappa shape index (κ3) is 2.91. The van der Waals surface area contributed by atoms with E-state index in [1.54, 1.807) is 17.8 Å². The summed E-state index contributed by atoms with van der Waals surface area (Å²) >= 11 is 1.57. The predicted molar refractivity (Wildman–Crippen MR) is 105 cm³/mol. The van der Waals surface area contributed by atoms with Gasteiger partial charge in [-0.25, -0.2) is 14.8 Å². The number of rotatable bonds is 3. The van der Waals surface area contributed by atoms with Crippen molar-refractivity contribution in [3.63, 3.8) is 0 Å². The van der Waals surface area contributed by atoms with E-state index in [0.29, 0.717) is 11.5 Å². The van der Waals surface area contributed by atoms with Crippen molar-refractivity contribution in [2.45, 2.75) is 37.3 Å². The van der Waals surface area contributed by atoms with Gasteiger partial charge >= 0.3 is 5.97 Å². The summed E-state index contributed by atoms with van der Waals surface area (Å²) in [5.74, 6) is 0.151. The third-order valence-electron chi connectivity index (χ3n) is 5.04. The molecule has 0 spiro atoms. The molecule has 1 aliphatic carbocycles. The fraction of sp³-hybridized carbons (Fsp3) is 0.350. The standard InChI is InChI=1S/C20H21N3O3S/c1-11-10-14-12(19(25)26-2)6-4-8-15(14)23(11)20-21-17-13(18(22-20)27-3)7-5-9-16(17)24/h4,6,8,10,16,24H,5,7,9H2,1-3H3. The number of ether oxygens (including phenoxy) is 1. The van der Waals surface area contributed by atoms with Gasteiger partial charge in [0, 0.05) is 16.6 Å². The Morgan fingerprint density at radius 2 is 2.19 bits per heavy atom. The van der Waals surface area contributed by atoms with Crippen LogP contribution in [-0.2, 0) is 11.2 Å². The van der Waals surface area contributed by atoms with Crippen LogP contribution in [0.2, 0.25) is 0 Å². The van der Waals surface area contributed by atoms with Crippen molar-refractivity contribution in [1.82, 2.24) is 14.5 Å². The minimum atomic E-state index is -0.561. The smallest absolute Gasteiger partial charge is 0.338 e. The average molecular weight is 383 g/mol. The lowest BCUT2D eigenvalue weighted by molar-refractivity contribution is 0.0603. The lowest BCUT2D eigenvalue weighted by Crippen LogP contribution is -2.17. The Bertz CT molecular complexity index is 1040. The van der Waals surface area contributed by atoms with Gasteiger partial charge < -0.3 is 9.84 Å². The van der Waals surface area contributed by atoms with E-state index < -0.39 is 6.10 Å². The summed E-state index contributed by atoms with van der Waals surface area (Å²) in [6.45, 7) is 1.96. The number of hydrogen-bond acceptors (Lipinski definition) is 6. The second-order valence-electron chi connectivity index (χ2n) is 6.66. The number of aliphatic hydroxyl groups is 1. The van der Waals surface area contributed by atoms with Crippen LogP contribution < -0.4 is 0 Å². The molecular formula is C20H21N3O3S. The molecule has 6 nitrogen and oxygen atoms in total. The molecule has 0 fully saturated rings. The molecule has 2 heterocycles. The van der Waals surface area contributed by atoms with Crippen LogP contribution in [0.15, 0.2) is 29.3 Å². The topological polar surface area (TPSA) is 77.2 Å². The van der Waals surface area contributed by atoms with E-state index in [0.717, 1.165) is 52.1 Å². The Morgan fingerprint density at radius 1 is 1.37 bits per heavy atom. The van der Waals surface area contributed by atoms with Crippen molar-refractivity contribution in [3.8, 4) is 5.95 Å². The molecule has 0 radical (unpaired) electrons. The summed E-state index contributed by atoms with van der Waals surface area (Å²) in [5.41, 5.74) is 4.04. The molecule has 1 aliphatic rings. The van der Waals surface area contributed by atoms with Crippen LogP contribution in [0.1, 0.15) is 46.3 Å². The Morgan fingerprint density at radius 3 is 2.93 bits per heavy atom. The van der Waals surface area contributed by atoms with Crippen molar-refractivity contribution >= 4 is 28.6 Å². The number of methoxy groups -OCH3 is 1. The maximum absolute atomic E-state index is 12.1. The summed E-state index contributed by atoms with van der Waals surface area (Å²) < 4.78 is 6.84. The van der Waals surface area contributed by atoms with Crippen LogP contribution in [0, 0.1) is 6.92 Å². The zero-order chi connectivity index (χ0) is 19.1. The molecule has 4 rings (SSSR count). The van der Waals surface area contributed by atoms with Gasteiger partial charge in [-0.2, -0.15) is 0 Å². The Labute approximate surface area is 161 Å². The summed E-state index contributed by atoms with van der Waals surface area (Å²) in [7, 11) is 1.38. The first-order valence-corrected chi connectivity index (χ1v) is 10.1. The summed E-state index contributed by atoms with van der Waals surface area (Å²) in [6, 6.07) is 7.46. The molecule has 1 atom stereocenters. The molecule has 2 aromatic heterocycles. The van der Waals surface area contributed by atoms with Gasteiger partial charge in [0.1, 0.15) is 5.03 Å². The van der Waals surface area contributed by atoms with Gasteiger partial charge in [0.15, 0.2) is 0 Å². The molecule has 0 aliphatic heterocycles. The van der Waals surface area contributed by atoms with E-state index in [2.05, 4.69) is 0 Å². The molecule has 1 aromatic carbocycles. The van der Waals surface area contributed by atoms with Gasteiger partial charge in [-0.05, 0) is 50.6 Å². The molecule has 27 heavy (non-hydrogen) atoms. The van der Waals surface area contributed by atoms with E-state index in [9.17, 15) is 9.90 Å². The van der Waals surface area contributed by atoms with Gasteiger partial charge in [-0.3, -0.25) is 4.57 Å². The van der Waals surface area contributed by atoms with Crippen molar-refractivity contribution in [2.24, 2.45) is 0 Å². The normalized spacial score (nSPS) is 16.4. The molecular weight excluding hydrogens is 362 g/mol. The van der Waals surface area contributed by atoms with Crippen LogP contribution in [-0.4, -0.2) is 39.0 Å². The maximum Gasteiger partial charge on any atom is 0.338 e. The highest BCUT2D eigenvalue weighted by molar-refractivity contribution is 7.98. The molecule has 0 amide bonds. The summed E-state index contributed by atoms with van der Waals surface area (Å²) in [6.07, 6.45) is 3.98. The quantitative estimate of drug-likeness (QED) is 0.423. The van der Waals surface area contributed by atoms with Gasteiger partial charge in [0.25, 0.3) is 0 Å². The highest BCUT2D eigenvalue weighted by Crippen LogP contribution is 2.35. The first kappa shape index (κ1) is 18.0. The zero-order valence-corrected chi connectivity index (χ0v) is 16.3. The number of thioether (sulfide) groups is 1. The molecule has 1 N–H and O–H groups in total. The first-order chi connectivity index (χ1) is 13.0. The largest absolute Gasteiger partial charge is 0.465 e. The minimum absolute atomic E-state index is 0.371. The van der Waals surface area contributed by atoms with Crippen LogP contribution >= 0.6 is 11.8 Å². The fourth-order valence-corrected chi connectivity index (χ4v) is 4.40. The molecule has 1 unspecified atom stereocenters. The lowest BCUT2D eigenvalue weighted by Gasteiger charge is -2.23. The molecule has 3 aromatic rings. The maximum atomic E-state index is 12.1. The van der Waals surface area contributed by atoms with E-state index in [1.807, 2.05) is 35.9 Å². The number of aryl methyl sites for hydroxylation is 1. The number of esters is 1. The molecule has 140 valence electrons. The van der Waals surface area contributed by atoms with Crippen LogP contribution in [0.3, 0.4) is 0 Å². The number of aliphatic hydroxyl groups excluding tert-OH is 1. The van der Waals surface area contributed by atoms with E-state index in [4.69, 9.17) is 14.7 Å². The molecule has 0 saturated carbocycles. The number of benzene rings is 1. The molecule has 7 heteroatoms. The van der Waals surface area contributed by atoms with Crippen molar-refractivity contribution < 1.29 is 14.6 Å². The zero-order valence-electron chi connectivity index (χ0n) is 15.5. The van der Waals surface area contributed by atoms with E-state index in [1.165, 1.54) is 7.11 Å². The summed E-state index contributed by atoms with van der Waals surface area (Å²) in [4.78, 5) is 21.6. The first-order valence-electron chi connectivity index (χ1n) is 8.87. The second-order valence-corrected chi connectivity index (χ2v) is 7.45. The number of aromatic nitrogens is 3. The van der Waals surface area contributed by atoms with Crippen LogP contribution in [0.5, 0.6) is 0 Å². The second kappa shape index (κ2) is 6.98. The Kier molecular flexibility index (Phi) is 4.65. The third-order valence-corrected chi connectivity index (χ3v) is 5.76. The Balaban J connectivity index is 1.97. The van der Waals surface area contributed by atoms with Crippen molar-refractivity contribution in [1.29, 1.82) is 0 Å². The number of carbonyl (C=O) groups is 1. The number of hydrogen-bond donors (Lipinski definition) is 1. The highest BCUT2D eigenvalue weighted by atomic mass is 32.2. The van der Waals surface area contributed by atoms with Gasteiger partial charge in [0.2, 0.25) is 5.95 Å². The monoisotopic (exact) mass is 383 g/mol. The average Bonchev–Trinajstić information content (AvgIpc) is 3.02. The van der Waals surface area contributed by atoms with Crippen LogP contribution in [0.25, 0.3) is 16.9 Å². The van der Waals surface area contributed by atoms with Gasteiger partial charge in [-0.1, -0.05) is 6.07 Å². The highest BCUT2D eigenvalue weighted by Gasteiger charge is 2.25.